The first kappa shape index (κ1) is 27.9. The number of benzene rings is 1. The van der Waals surface area contributed by atoms with Crippen molar-refractivity contribution in [1.29, 1.82) is 0 Å². The van der Waals surface area contributed by atoms with Gasteiger partial charge in [-0.15, -0.1) is 11.3 Å². The van der Waals surface area contributed by atoms with E-state index in [-0.39, 0.29) is 38.7 Å². The summed E-state index contributed by atoms with van der Waals surface area (Å²) in [4.78, 5) is 29.1. The second-order valence-electron chi connectivity index (χ2n) is 9.16. The molecule has 0 atom stereocenters. The standard InChI is InChI=1S/C28H24F3N5O4S/c1-4-36-12-18(15(3)35-36)17-11-21(28(29,30)31)33-27-22(17)23(24(41-27)25(32)37)34-26(38)20-10-9-16(40-20)13-39-19-8-6-5-7-14(19)2/h5-12H,4,13H2,1-3H3,(H2,32,37)(H,34,38). The Morgan fingerprint density at radius 2 is 1.90 bits per heavy atom. The number of aryl methyl sites for hydroxylation is 3. The van der Waals surface area contributed by atoms with Gasteiger partial charge in [0.15, 0.2) is 5.76 Å². The molecule has 212 valence electrons. The number of pyridine rings is 1. The maximum Gasteiger partial charge on any atom is 0.433 e. The van der Waals surface area contributed by atoms with Crippen molar-refractivity contribution < 1.29 is 31.9 Å². The van der Waals surface area contributed by atoms with Gasteiger partial charge in [0, 0.05) is 23.7 Å². The third-order valence-electron chi connectivity index (χ3n) is 6.32. The van der Waals surface area contributed by atoms with Gasteiger partial charge in [0.05, 0.1) is 11.4 Å². The number of halogens is 3. The summed E-state index contributed by atoms with van der Waals surface area (Å²) in [5, 5.41) is 7.11. The highest BCUT2D eigenvalue weighted by molar-refractivity contribution is 7.21. The van der Waals surface area contributed by atoms with Crippen LogP contribution in [0.4, 0.5) is 18.9 Å². The predicted octanol–water partition coefficient (Wildman–Crippen LogP) is 6.34. The smallest absolute Gasteiger partial charge is 0.433 e. The van der Waals surface area contributed by atoms with Crippen LogP contribution in [-0.2, 0) is 19.3 Å². The number of hydrogen-bond acceptors (Lipinski definition) is 7. The first-order valence-electron chi connectivity index (χ1n) is 12.4. The maximum atomic E-state index is 13.8. The van der Waals surface area contributed by atoms with Gasteiger partial charge < -0.3 is 20.2 Å². The number of anilines is 1. The molecule has 0 aliphatic heterocycles. The van der Waals surface area contributed by atoms with Gasteiger partial charge in [-0.1, -0.05) is 18.2 Å². The third kappa shape index (κ3) is 5.53. The fourth-order valence-corrected chi connectivity index (χ4v) is 5.32. The molecule has 0 radical (unpaired) electrons. The fraction of sp³-hybridized carbons (Fsp3) is 0.214. The normalized spacial score (nSPS) is 11.7. The van der Waals surface area contributed by atoms with E-state index in [2.05, 4.69) is 15.4 Å². The average Bonchev–Trinajstić information content (AvgIpc) is 3.64. The number of carbonyl (C=O) groups is 2. The van der Waals surface area contributed by atoms with E-state index < -0.39 is 23.7 Å². The number of amides is 2. The molecule has 0 bridgehead atoms. The molecule has 0 aliphatic rings. The molecule has 0 unspecified atom stereocenters. The molecule has 0 fully saturated rings. The van der Waals surface area contributed by atoms with Crippen LogP contribution < -0.4 is 15.8 Å². The van der Waals surface area contributed by atoms with Crippen LogP contribution in [-0.4, -0.2) is 26.6 Å². The van der Waals surface area contributed by atoms with Crippen molar-refractivity contribution >= 4 is 39.1 Å². The molecule has 1 aromatic carbocycles. The number of furan rings is 1. The summed E-state index contributed by atoms with van der Waals surface area (Å²) >= 11 is 0.661. The SMILES string of the molecule is CCn1cc(-c2cc(C(F)(F)F)nc3sc(C(N)=O)c(NC(=O)c4ccc(COc5ccccc5C)o4)c23)c(C)n1. The molecular weight excluding hydrogens is 559 g/mol. The fourth-order valence-electron chi connectivity index (χ4n) is 4.31. The number of nitrogens with two attached hydrogens (primary N) is 1. The molecule has 0 saturated heterocycles. The van der Waals surface area contributed by atoms with Gasteiger partial charge in [-0.05, 0) is 56.2 Å². The molecule has 4 aromatic heterocycles. The summed E-state index contributed by atoms with van der Waals surface area (Å²) in [6.45, 7) is 5.93. The molecule has 0 saturated carbocycles. The number of hydrogen-bond donors (Lipinski definition) is 2. The molecule has 3 N–H and O–H groups in total. The molecule has 13 heteroatoms. The minimum absolute atomic E-state index is 0.0566. The van der Waals surface area contributed by atoms with E-state index in [0.29, 0.717) is 40.6 Å². The second kappa shape index (κ2) is 10.7. The van der Waals surface area contributed by atoms with Crippen LogP contribution in [0.25, 0.3) is 21.3 Å². The summed E-state index contributed by atoms with van der Waals surface area (Å²) in [6.07, 6.45) is -3.16. The number of thiophene rings is 1. The zero-order valence-electron chi connectivity index (χ0n) is 22.1. The highest BCUT2D eigenvalue weighted by Gasteiger charge is 2.35. The summed E-state index contributed by atoms with van der Waals surface area (Å²) < 4.78 is 54.4. The third-order valence-corrected chi connectivity index (χ3v) is 7.42. The van der Waals surface area contributed by atoms with Crippen LogP contribution in [0.2, 0.25) is 0 Å². The topological polar surface area (TPSA) is 125 Å². The van der Waals surface area contributed by atoms with E-state index >= 15 is 0 Å². The number of alkyl halides is 3. The molecule has 4 heterocycles. The Morgan fingerprint density at radius 1 is 1.15 bits per heavy atom. The lowest BCUT2D eigenvalue weighted by atomic mass is 10.0. The number of aromatic nitrogens is 3. The first-order chi connectivity index (χ1) is 19.5. The van der Waals surface area contributed by atoms with Crippen molar-refractivity contribution in [2.24, 2.45) is 5.73 Å². The van der Waals surface area contributed by atoms with Crippen molar-refractivity contribution in [3.63, 3.8) is 0 Å². The van der Waals surface area contributed by atoms with Crippen molar-refractivity contribution in [3.8, 4) is 16.9 Å². The molecule has 0 spiro atoms. The summed E-state index contributed by atoms with van der Waals surface area (Å²) in [5.41, 5.74) is 6.26. The van der Waals surface area contributed by atoms with Crippen LogP contribution in [0.15, 0.2) is 53.1 Å². The monoisotopic (exact) mass is 583 g/mol. The number of primary amides is 1. The Hall–Kier alpha value is -4.65. The number of fused-ring (bicyclic) bond motifs is 1. The Balaban J connectivity index is 1.55. The Bertz CT molecular complexity index is 1790. The highest BCUT2D eigenvalue weighted by Crippen LogP contribution is 2.44. The van der Waals surface area contributed by atoms with Crippen LogP contribution in [0, 0.1) is 13.8 Å². The van der Waals surface area contributed by atoms with Gasteiger partial charge >= 0.3 is 6.18 Å². The number of para-hydroxylation sites is 1. The van der Waals surface area contributed by atoms with Gasteiger partial charge in [0.1, 0.15) is 33.5 Å². The largest absolute Gasteiger partial charge is 0.485 e. The number of rotatable bonds is 8. The van der Waals surface area contributed by atoms with E-state index in [9.17, 15) is 22.8 Å². The second-order valence-corrected chi connectivity index (χ2v) is 10.2. The molecule has 2 amide bonds. The zero-order chi connectivity index (χ0) is 29.5. The van der Waals surface area contributed by atoms with E-state index in [1.165, 1.54) is 6.07 Å². The first-order valence-corrected chi connectivity index (χ1v) is 13.2. The summed E-state index contributed by atoms with van der Waals surface area (Å²) in [7, 11) is 0. The molecule has 5 aromatic rings. The van der Waals surface area contributed by atoms with Crippen LogP contribution in [0.1, 0.15) is 49.9 Å². The van der Waals surface area contributed by atoms with Gasteiger partial charge in [0.2, 0.25) is 0 Å². The maximum absolute atomic E-state index is 13.8. The number of nitrogens with zero attached hydrogens (tertiary/aromatic N) is 3. The van der Waals surface area contributed by atoms with Crippen molar-refractivity contribution in [3.05, 3.63) is 82.0 Å². The Labute approximate surface area is 235 Å². The van der Waals surface area contributed by atoms with Gasteiger partial charge in [0.25, 0.3) is 11.8 Å². The molecule has 9 nitrogen and oxygen atoms in total. The average molecular weight is 584 g/mol. The van der Waals surface area contributed by atoms with Crippen molar-refractivity contribution in [2.75, 3.05) is 5.32 Å². The van der Waals surface area contributed by atoms with Crippen molar-refractivity contribution in [1.82, 2.24) is 14.8 Å². The van der Waals surface area contributed by atoms with Gasteiger partial charge in [-0.3, -0.25) is 14.3 Å². The Kier molecular flexibility index (Phi) is 7.30. The lowest BCUT2D eigenvalue weighted by Crippen LogP contribution is -2.16. The summed E-state index contributed by atoms with van der Waals surface area (Å²) in [6, 6.07) is 11.3. The van der Waals surface area contributed by atoms with Gasteiger partial charge in [-0.25, -0.2) is 4.98 Å². The predicted molar refractivity (Wildman–Crippen MR) is 147 cm³/mol. The zero-order valence-corrected chi connectivity index (χ0v) is 22.9. The minimum Gasteiger partial charge on any atom is -0.485 e. The lowest BCUT2D eigenvalue weighted by molar-refractivity contribution is -0.140. The number of nitrogens with one attached hydrogen (secondary N) is 1. The molecule has 0 aliphatic carbocycles. The highest BCUT2D eigenvalue weighted by atomic mass is 32.1. The van der Waals surface area contributed by atoms with Crippen LogP contribution in [0.3, 0.4) is 0 Å². The van der Waals surface area contributed by atoms with Crippen LogP contribution >= 0.6 is 11.3 Å². The Morgan fingerprint density at radius 3 is 2.56 bits per heavy atom. The number of ether oxygens (including phenoxy) is 1. The lowest BCUT2D eigenvalue weighted by Gasteiger charge is -2.11. The number of carbonyl (C=O) groups excluding carboxylic acids is 2. The quantitative estimate of drug-likeness (QED) is 0.220. The van der Waals surface area contributed by atoms with Gasteiger partial charge in [-0.2, -0.15) is 18.3 Å². The van der Waals surface area contributed by atoms with Crippen LogP contribution in [0.5, 0.6) is 5.75 Å². The summed E-state index contributed by atoms with van der Waals surface area (Å²) in [5.74, 6) is -0.745. The molecule has 41 heavy (non-hydrogen) atoms. The molecule has 5 rings (SSSR count). The minimum atomic E-state index is -4.76. The van der Waals surface area contributed by atoms with E-state index in [1.807, 2.05) is 32.0 Å². The van der Waals surface area contributed by atoms with E-state index in [4.69, 9.17) is 14.9 Å². The van der Waals surface area contributed by atoms with Crippen molar-refractivity contribution in [2.45, 2.75) is 40.1 Å². The van der Waals surface area contributed by atoms with E-state index in [1.54, 1.807) is 29.9 Å². The molecular formula is C28H24F3N5O4S. The van der Waals surface area contributed by atoms with E-state index in [0.717, 1.165) is 11.6 Å².